The number of hydrogen-bond donors (Lipinski definition) is 2. The van der Waals surface area contributed by atoms with E-state index in [2.05, 4.69) is 15.8 Å². The maximum atomic E-state index is 13.4. The topological polar surface area (TPSA) is 70.6 Å². The average molecular weight is 313 g/mol. The van der Waals surface area contributed by atoms with Gasteiger partial charge in [0.05, 0.1) is 6.21 Å². The van der Waals surface area contributed by atoms with Gasteiger partial charge in [-0.1, -0.05) is 43.3 Å². The molecule has 0 atom stereocenters. The summed E-state index contributed by atoms with van der Waals surface area (Å²) in [6.07, 6.45) is 1.87. The summed E-state index contributed by atoms with van der Waals surface area (Å²) in [5, 5.41) is 6.10. The van der Waals surface area contributed by atoms with E-state index in [1.165, 1.54) is 12.1 Å². The lowest BCUT2D eigenvalue weighted by molar-refractivity contribution is -0.136. The van der Waals surface area contributed by atoms with Crippen LogP contribution in [0.3, 0.4) is 0 Å². The molecule has 0 aliphatic heterocycles. The van der Waals surface area contributed by atoms with Gasteiger partial charge in [0, 0.05) is 11.3 Å². The summed E-state index contributed by atoms with van der Waals surface area (Å²) in [6.45, 7) is 1.95. The number of halogens is 1. The Labute approximate surface area is 133 Å². The van der Waals surface area contributed by atoms with Crippen molar-refractivity contribution >= 4 is 23.7 Å². The minimum atomic E-state index is -0.927. The molecule has 2 aromatic rings. The highest BCUT2D eigenvalue weighted by Gasteiger charge is 2.14. The van der Waals surface area contributed by atoms with E-state index in [-0.39, 0.29) is 5.56 Å². The zero-order valence-electron chi connectivity index (χ0n) is 12.5. The molecule has 0 saturated heterocycles. The summed E-state index contributed by atoms with van der Waals surface area (Å²) in [5.41, 5.74) is 3.78. The monoisotopic (exact) mass is 313 g/mol. The predicted octanol–water partition coefficient (Wildman–Crippen LogP) is 2.48. The van der Waals surface area contributed by atoms with Crippen LogP contribution in [0.1, 0.15) is 18.1 Å². The zero-order valence-corrected chi connectivity index (χ0v) is 12.5. The van der Waals surface area contributed by atoms with Crippen molar-refractivity contribution in [1.82, 2.24) is 5.43 Å². The van der Waals surface area contributed by atoms with Crippen molar-refractivity contribution in [2.75, 3.05) is 5.32 Å². The van der Waals surface area contributed by atoms with Gasteiger partial charge in [0.15, 0.2) is 0 Å². The van der Waals surface area contributed by atoms with E-state index in [4.69, 9.17) is 0 Å². The highest BCUT2D eigenvalue weighted by atomic mass is 19.1. The van der Waals surface area contributed by atoms with Gasteiger partial charge >= 0.3 is 11.8 Å². The number of carbonyl (C=O) groups is 2. The average Bonchev–Trinajstić information content (AvgIpc) is 2.57. The van der Waals surface area contributed by atoms with Crippen LogP contribution in [-0.2, 0) is 16.0 Å². The van der Waals surface area contributed by atoms with Crippen LogP contribution < -0.4 is 10.7 Å². The highest BCUT2D eigenvalue weighted by Crippen LogP contribution is 2.15. The molecule has 0 aliphatic rings. The van der Waals surface area contributed by atoms with E-state index in [1.807, 2.05) is 19.1 Å². The molecular weight excluding hydrogens is 297 g/mol. The van der Waals surface area contributed by atoms with Crippen molar-refractivity contribution in [2.24, 2.45) is 5.10 Å². The van der Waals surface area contributed by atoms with Crippen molar-refractivity contribution in [1.29, 1.82) is 0 Å². The Morgan fingerprint density at radius 1 is 1.09 bits per heavy atom. The molecule has 0 saturated carbocycles. The number of benzene rings is 2. The van der Waals surface area contributed by atoms with Crippen LogP contribution in [0, 0.1) is 5.82 Å². The van der Waals surface area contributed by atoms with Gasteiger partial charge < -0.3 is 5.32 Å². The first kappa shape index (κ1) is 16.4. The summed E-state index contributed by atoms with van der Waals surface area (Å²) < 4.78 is 13.4. The minimum Gasteiger partial charge on any atom is -0.317 e. The third-order valence-electron chi connectivity index (χ3n) is 3.13. The second-order valence-electron chi connectivity index (χ2n) is 4.69. The number of para-hydroxylation sites is 1. The molecule has 0 aliphatic carbocycles. The van der Waals surface area contributed by atoms with Crippen molar-refractivity contribution in [3.63, 3.8) is 0 Å². The molecule has 5 nitrogen and oxygen atoms in total. The van der Waals surface area contributed by atoms with Gasteiger partial charge in [0.2, 0.25) is 0 Å². The molecule has 0 heterocycles. The van der Waals surface area contributed by atoms with Gasteiger partial charge in [-0.2, -0.15) is 5.10 Å². The number of aryl methyl sites for hydroxylation is 1. The first-order chi connectivity index (χ1) is 11.1. The summed E-state index contributed by atoms with van der Waals surface area (Å²) in [4.78, 5) is 23.5. The second kappa shape index (κ2) is 7.84. The Bertz CT molecular complexity index is 744. The van der Waals surface area contributed by atoms with Crippen LogP contribution in [0.2, 0.25) is 0 Å². The quantitative estimate of drug-likeness (QED) is 0.517. The third-order valence-corrected chi connectivity index (χ3v) is 3.13. The van der Waals surface area contributed by atoms with Crippen molar-refractivity contribution in [3.8, 4) is 0 Å². The summed E-state index contributed by atoms with van der Waals surface area (Å²) in [5.74, 6) is -2.23. The maximum Gasteiger partial charge on any atom is 0.329 e. The Hall–Kier alpha value is -3.02. The van der Waals surface area contributed by atoms with Crippen molar-refractivity contribution < 1.29 is 14.0 Å². The van der Waals surface area contributed by atoms with Gasteiger partial charge in [-0.25, -0.2) is 9.82 Å². The molecule has 2 amide bonds. The number of nitrogens with zero attached hydrogens (tertiary/aromatic N) is 1. The Morgan fingerprint density at radius 2 is 1.78 bits per heavy atom. The lowest BCUT2D eigenvalue weighted by Crippen LogP contribution is -2.32. The van der Waals surface area contributed by atoms with Crippen LogP contribution >= 0.6 is 0 Å². The number of rotatable bonds is 4. The third kappa shape index (κ3) is 4.47. The molecule has 118 valence electrons. The van der Waals surface area contributed by atoms with Crippen LogP contribution in [0.5, 0.6) is 0 Å². The number of hydrogen-bond acceptors (Lipinski definition) is 3. The Balaban J connectivity index is 1.95. The van der Waals surface area contributed by atoms with Crippen LogP contribution in [-0.4, -0.2) is 18.0 Å². The Kier molecular flexibility index (Phi) is 5.57. The number of amides is 2. The molecule has 0 bridgehead atoms. The van der Waals surface area contributed by atoms with E-state index in [9.17, 15) is 14.0 Å². The molecule has 6 heteroatoms. The van der Waals surface area contributed by atoms with Gasteiger partial charge in [-0.3, -0.25) is 9.59 Å². The summed E-state index contributed by atoms with van der Waals surface area (Å²) in [7, 11) is 0. The fourth-order valence-corrected chi connectivity index (χ4v) is 1.92. The number of hydrazone groups is 1. The maximum absolute atomic E-state index is 13.4. The SMILES string of the molecule is CCc1ccccc1NC(=O)C(=O)N/N=C/c1ccccc1F. The predicted molar refractivity (Wildman–Crippen MR) is 86.6 cm³/mol. The van der Waals surface area contributed by atoms with Crippen LogP contribution in [0.4, 0.5) is 10.1 Å². The fraction of sp³-hybridized carbons (Fsp3) is 0.118. The normalized spacial score (nSPS) is 10.5. The lowest BCUT2D eigenvalue weighted by atomic mass is 10.1. The summed E-state index contributed by atoms with van der Waals surface area (Å²) in [6, 6.07) is 13.2. The number of nitrogens with one attached hydrogen (secondary N) is 2. The first-order valence-corrected chi connectivity index (χ1v) is 7.08. The molecule has 0 radical (unpaired) electrons. The molecule has 2 aromatic carbocycles. The molecule has 2 N–H and O–H groups in total. The van der Waals surface area contributed by atoms with E-state index in [0.29, 0.717) is 5.69 Å². The van der Waals surface area contributed by atoms with Gasteiger partial charge in [0.25, 0.3) is 0 Å². The lowest BCUT2D eigenvalue weighted by Gasteiger charge is -2.08. The van der Waals surface area contributed by atoms with Gasteiger partial charge in [-0.15, -0.1) is 0 Å². The fourth-order valence-electron chi connectivity index (χ4n) is 1.92. The first-order valence-electron chi connectivity index (χ1n) is 7.08. The smallest absolute Gasteiger partial charge is 0.317 e. The van der Waals surface area contributed by atoms with Crippen molar-refractivity contribution in [3.05, 3.63) is 65.5 Å². The van der Waals surface area contributed by atoms with E-state index < -0.39 is 17.6 Å². The standard InChI is InChI=1S/C17H16FN3O2/c1-2-12-7-4-6-10-15(12)20-16(22)17(23)21-19-11-13-8-3-5-9-14(13)18/h3-11H,2H2,1H3,(H,20,22)(H,21,23)/b19-11+. The number of carbonyl (C=O) groups excluding carboxylic acids is 2. The van der Waals surface area contributed by atoms with Crippen LogP contribution in [0.25, 0.3) is 0 Å². The Morgan fingerprint density at radius 3 is 2.52 bits per heavy atom. The molecular formula is C17H16FN3O2. The molecule has 23 heavy (non-hydrogen) atoms. The minimum absolute atomic E-state index is 0.213. The molecule has 0 aromatic heterocycles. The molecule has 2 rings (SSSR count). The highest BCUT2D eigenvalue weighted by molar-refractivity contribution is 6.39. The second-order valence-corrected chi connectivity index (χ2v) is 4.69. The number of anilines is 1. The molecule has 0 unspecified atom stereocenters. The van der Waals surface area contributed by atoms with E-state index >= 15 is 0 Å². The molecule has 0 fully saturated rings. The van der Waals surface area contributed by atoms with Gasteiger partial charge in [-0.05, 0) is 24.1 Å². The largest absolute Gasteiger partial charge is 0.329 e. The van der Waals surface area contributed by atoms with E-state index in [1.54, 1.807) is 24.3 Å². The van der Waals surface area contributed by atoms with Crippen LogP contribution in [0.15, 0.2) is 53.6 Å². The van der Waals surface area contributed by atoms with E-state index in [0.717, 1.165) is 18.2 Å². The van der Waals surface area contributed by atoms with Crippen molar-refractivity contribution in [2.45, 2.75) is 13.3 Å². The summed E-state index contributed by atoms with van der Waals surface area (Å²) >= 11 is 0. The molecule has 0 spiro atoms. The zero-order chi connectivity index (χ0) is 16.7. The van der Waals surface area contributed by atoms with Gasteiger partial charge in [0.1, 0.15) is 5.82 Å².